The van der Waals surface area contributed by atoms with Gasteiger partial charge < -0.3 is 10.4 Å². The largest absolute Gasteiger partial charge is 0.508 e. The van der Waals surface area contributed by atoms with E-state index in [1.807, 2.05) is 64.1 Å². The summed E-state index contributed by atoms with van der Waals surface area (Å²) in [7, 11) is 0. The molecule has 3 heteroatoms. The molecule has 0 radical (unpaired) electrons. The summed E-state index contributed by atoms with van der Waals surface area (Å²) >= 11 is 0. The molecule has 0 spiro atoms. The molecule has 0 aliphatic heterocycles. The average Bonchev–Trinajstić information content (AvgIpc) is 2.48. The monoisotopic (exact) mass is 273 g/mol. The minimum absolute atomic E-state index is 0.329. The Balaban J connectivity index is 0.000000327. The van der Waals surface area contributed by atoms with E-state index in [2.05, 4.69) is 5.32 Å². The third-order valence-electron chi connectivity index (χ3n) is 2.31. The highest BCUT2D eigenvalue weighted by molar-refractivity contribution is 5.70. The molecule has 2 rings (SSSR count). The highest BCUT2D eigenvalue weighted by atomic mass is 16.3. The van der Waals surface area contributed by atoms with Gasteiger partial charge in [0.25, 0.3) is 0 Å². The third-order valence-corrected chi connectivity index (χ3v) is 2.31. The van der Waals surface area contributed by atoms with E-state index >= 15 is 0 Å². The Labute approximate surface area is 121 Å². The predicted molar refractivity (Wildman–Crippen MR) is 85.1 cm³/mol. The predicted octanol–water partition coefficient (Wildman–Crippen LogP) is 4.29. The smallest absolute Gasteiger partial charge is 0.211 e. The van der Waals surface area contributed by atoms with E-state index in [-0.39, 0.29) is 0 Å². The summed E-state index contributed by atoms with van der Waals surface area (Å²) < 4.78 is 0. The van der Waals surface area contributed by atoms with Crippen LogP contribution in [0.15, 0.2) is 48.5 Å². The van der Waals surface area contributed by atoms with Crippen molar-refractivity contribution in [3.63, 3.8) is 0 Å². The van der Waals surface area contributed by atoms with Crippen LogP contribution in [0.3, 0.4) is 0 Å². The standard InChI is InChI=1S/C8H9NO.C7H8O.C2H6/c1-7-2-4-8(5-3-7)9-6-10;1-6-2-4-7(8)5-3-6;1-2/h2-6H,1H3,(H,9,10);2-5,8H,1H3;1-2H3. The fourth-order valence-corrected chi connectivity index (χ4v) is 1.26. The Kier molecular flexibility index (Phi) is 9.40. The Hall–Kier alpha value is -2.29. The molecular weight excluding hydrogens is 250 g/mol. The van der Waals surface area contributed by atoms with Crippen LogP contribution >= 0.6 is 0 Å². The van der Waals surface area contributed by atoms with Crippen LogP contribution < -0.4 is 5.32 Å². The van der Waals surface area contributed by atoms with E-state index in [1.54, 1.807) is 12.1 Å². The Morgan fingerprint density at radius 2 is 1.25 bits per heavy atom. The quantitative estimate of drug-likeness (QED) is 0.802. The molecular formula is C17H23NO2. The van der Waals surface area contributed by atoms with Crippen molar-refractivity contribution in [1.29, 1.82) is 0 Å². The first-order chi connectivity index (χ1) is 9.61. The molecule has 0 aromatic heterocycles. The van der Waals surface area contributed by atoms with Gasteiger partial charge in [-0.25, -0.2) is 0 Å². The number of nitrogens with one attached hydrogen (secondary N) is 1. The SMILES string of the molecule is CC.Cc1ccc(NC=O)cc1.Cc1ccc(O)cc1. The van der Waals surface area contributed by atoms with Gasteiger partial charge in [0.1, 0.15) is 5.75 Å². The van der Waals surface area contributed by atoms with E-state index in [0.717, 1.165) is 5.69 Å². The first kappa shape index (κ1) is 17.7. The maximum atomic E-state index is 9.95. The molecule has 3 nitrogen and oxygen atoms in total. The molecule has 0 heterocycles. The van der Waals surface area contributed by atoms with Gasteiger partial charge in [-0.05, 0) is 38.1 Å². The first-order valence-corrected chi connectivity index (χ1v) is 6.64. The minimum Gasteiger partial charge on any atom is -0.508 e. The van der Waals surface area contributed by atoms with Gasteiger partial charge in [-0.2, -0.15) is 0 Å². The molecule has 0 saturated heterocycles. The number of rotatable bonds is 2. The van der Waals surface area contributed by atoms with Crippen molar-refractivity contribution < 1.29 is 9.90 Å². The second-order valence-corrected chi connectivity index (χ2v) is 3.96. The van der Waals surface area contributed by atoms with Gasteiger partial charge in [0.05, 0.1) is 0 Å². The Morgan fingerprint density at radius 3 is 1.60 bits per heavy atom. The third kappa shape index (κ3) is 7.93. The summed E-state index contributed by atoms with van der Waals surface area (Å²) in [5.41, 5.74) is 3.19. The summed E-state index contributed by atoms with van der Waals surface area (Å²) in [6.45, 7) is 7.99. The number of phenols is 1. The lowest BCUT2D eigenvalue weighted by Gasteiger charge is -1.96. The molecule has 1 amide bonds. The summed E-state index contributed by atoms with van der Waals surface area (Å²) in [4.78, 5) is 9.95. The van der Waals surface area contributed by atoms with Crippen LogP contribution in [0.4, 0.5) is 5.69 Å². The fourth-order valence-electron chi connectivity index (χ4n) is 1.26. The molecule has 0 atom stereocenters. The number of hydrogen-bond donors (Lipinski definition) is 2. The summed E-state index contributed by atoms with van der Waals surface area (Å²) in [5, 5.41) is 11.3. The van der Waals surface area contributed by atoms with Crippen molar-refractivity contribution in [2.75, 3.05) is 5.32 Å². The van der Waals surface area contributed by atoms with Crippen molar-refractivity contribution in [2.45, 2.75) is 27.7 Å². The van der Waals surface area contributed by atoms with Crippen LogP contribution in [-0.4, -0.2) is 11.5 Å². The van der Waals surface area contributed by atoms with E-state index in [1.165, 1.54) is 11.1 Å². The fraction of sp³-hybridized carbons (Fsp3) is 0.235. The maximum Gasteiger partial charge on any atom is 0.211 e. The van der Waals surface area contributed by atoms with Gasteiger partial charge in [-0.1, -0.05) is 49.2 Å². The van der Waals surface area contributed by atoms with Gasteiger partial charge in [0.2, 0.25) is 6.41 Å². The van der Waals surface area contributed by atoms with Crippen LogP contribution in [-0.2, 0) is 4.79 Å². The average molecular weight is 273 g/mol. The number of benzene rings is 2. The lowest BCUT2D eigenvalue weighted by molar-refractivity contribution is -0.105. The number of anilines is 1. The van der Waals surface area contributed by atoms with Crippen molar-refractivity contribution >= 4 is 12.1 Å². The zero-order chi connectivity index (χ0) is 15.4. The lowest BCUT2D eigenvalue weighted by Crippen LogP contribution is -1.92. The van der Waals surface area contributed by atoms with Crippen molar-refractivity contribution in [2.24, 2.45) is 0 Å². The number of carbonyl (C=O) groups is 1. The van der Waals surface area contributed by atoms with Crippen molar-refractivity contribution in [3.8, 4) is 5.75 Å². The highest BCUT2D eigenvalue weighted by Crippen LogP contribution is 2.07. The molecule has 108 valence electrons. The van der Waals surface area contributed by atoms with Crippen molar-refractivity contribution in [1.82, 2.24) is 0 Å². The van der Waals surface area contributed by atoms with Gasteiger partial charge in [-0.3, -0.25) is 4.79 Å². The van der Waals surface area contributed by atoms with Gasteiger partial charge >= 0.3 is 0 Å². The van der Waals surface area contributed by atoms with Crippen molar-refractivity contribution in [3.05, 3.63) is 59.7 Å². The van der Waals surface area contributed by atoms with Gasteiger partial charge in [-0.15, -0.1) is 0 Å². The van der Waals surface area contributed by atoms with E-state index in [9.17, 15) is 4.79 Å². The zero-order valence-electron chi connectivity index (χ0n) is 12.6. The lowest BCUT2D eigenvalue weighted by atomic mass is 10.2. The summed E-state index contributed by atoms with van der Waals surface area (Å²) in [5.74, 6) is 0.329. The van der Waals surface area contributed by atoms with Crippen LogP contribution in [0.2, 0.25) is 0 Å². The molecule has 0 unspecified atom stereocenters. The Morgan fingerprint density at radius 1 is 0.850 bits per heavy atom. The second kappa shape index (κ2) is 10.6. The van der Waals surface area contributed by atoms with E-state index in [4.69, 9.17) is 5.11 Å². The normalized spacial score (nSPS) is 8.40. The molecule has 2 aromatic carbocycles. The zero-order valence-corrected chi connectivity index (χ0v) is 12.6. The molecule has 0 fully saturated rings. The highest BCUT2D eigenvalue weighted by Gasteiger charge is 1.86. The number of aromatic hydroxyl groups is 1. The molecule has 20 heavy (non-hydrogen) atoms. The van der Waals surface area contributed by atoms with Crippen LogP contribution in [0, 0.1) is 13.8 Å². The molecule has 0 bridgehead atoms. The molecule has 2 aromatic rings. The Bertz CT molecular complexity index is 454. The number of hydrogen-bond acceptors (Lipinski definition) is 2. The number of phenolic OH excluding ortho intramolecular Hbond substituents is 1. The van der Waals surface area contributed by atoms with E-state index in [0.29, 0.717) is 12.2 Å². The minimum atomic E-state index is 0.329. The topological polar surface area (TPSA) is 49.3 Å². The molecule has 0 saturated carbocycles. The van der Waals surface area contributed by atoms with Crippen LogP contribution in [0.5, 0.6) is 5.75 Å². The molecule has 2 N–H and O–H groups in total. The van der Waals surface area contributed by atoms with Gasteiger partial charge in [0.15, 0.2) is 0 Å². The molecule has 0 aliphatic rings. The number of aryl methyl sites for hydroxylation is 2. The number of amides is 1. The van der Waals surface area contributed by atoms with E-state index < -0.39 is 0 Å². The maximum absolute atomic E-state index is 9.95. The van der Waals surface area contributed by atoms with Crippen LogP contribution in [0.1, 0.15) is 25.0 Å². The van der Waals surface area contributed by atoms with Gasteiger partial charge in [0, 0.05) is 5.69 Å². The molecule has 0 aliphatic carbocycles. The first-order valence-electron chi connectivity index (χ1n) is 6.64. The summed E-state index contributed by atoms with van der Waals surface area (Å²) in [6, 6.07) is 14.7. The second-order valence-electron chi connectivity index (χ2n) is 3.96. The summed E-state index contributed by atoms with van der Waals surface area (Å²) in [6.07, 6.45) is 0.671. The number of carbonyl (C=O) groups excluding carboxylic acids is 1. The van der Waals surface area contributed by atoms with Crippen LogP contribution in [0.25, 0.3) is 0 Å².